The molecule has 1 atom stereocenters. The Kier molecular flexibility index (Phi) is 7.10. The van der Waals surface area contributed by atoms with Gasteiger partial charge < -0.3 is 10.3 Å². The Balaban J connectivity index is 0.00000274. The number of Topliss-reactive ketones (excluding diaryl/α,β-unsaturated/α-hetero) is 1. The van der Waals surface area contributed by atoms with Crippen LogP contribution in [0.2, 0.25) is 0 Å². The van der Waals surface area contributed by atoms with Crippen LogP contribution >= 0.6 is 12.4 Å². The topological polar surface area (TPSA) is 44.9 Å². The lowest BCUT2D eigenvalue weighted by Crippen LogP contribution is -2.35. The smallest absolute Gasteiger partial charge is 0.162 e. The van der Waals surface area contributed by atoms with Crippen LogP contribution in [0.15, 0.2) is 60.7 Å². The molecule has 1 aliphatic heterocycles. The van der Waals surface area contributed by atoms with Crippen molar-refractivity contribution >= 4 is 29.1 Å². The molecule has 1 unspecified atom stereocenters. The van der Waals surface area contributed by atoms with E-state index in [1.54, 1.807) is 30.3 Å². The molecule has 5 rings (SSSR count). The van der Waals surface area contributed by atoms with Crippen LogP contribution < -0.4 is 5.32 Å². The first-order chi connectivity index (χ1) is 16.0. The molecular weight excluding hydrogens is 461 g/mol. The van der Waals surface area contributed by atoms with Crippen molar-refractivity contribution in [3.8, 4) is 11.1 Å². The Labute approximate surface area is 201 Å². The van der Waals surface area contributed by atoms with E-state index in [1.807, 2.05) is 0 Å². The Morgan fingerprint density at radius 1 is 0.971 bits per heavy atom. The number of aromatic nitrogens is 1. The van der Waals surface area contributed by atoms with Crippen molar-refractivity contribution < 1.29 is 18.0 Å². The van der Waals surface area contributed by atoms with Gasteiger partial charge in [0.15, 0.2) is 5.78 Å². The van der Waals surface area contributed by atoms with Gasteiger partial charge in [0.2, 0.25) is 0 Å². The molecule has 0 saturated heterocycles. The maximum absolute atomic E-state index is 14.6. The van der Waals surface area contributed by atoms with Gasteiger partial charge in [-0.2, -0.15) is 0 Å². The first-order valence-corrected chi connectivity index (χ1v) is 11.1. The van der Waals surface area contributed by atoms with E-state index in [-0.39, 0.29) is 35.9 Å². The highest BCUT2D eigenvalue weighted by Gasteiger charge is 2.25. The number of carbonyl (C=O) groups excluding carboxylic acids is 1. The first kappa shape index (κ1) is 24.0. The normalized spacial score (nSPS) is 15.1. The number of H-pyrrole nitrogens is 1. The van der Waals surface area contributed by atoms with Crippen molar-refractivity contribution in [1.82, 2.24) is 10.3 Å². The van der Waals surface area contributed by atoms with Crippen molar-refractivity contribution in [2.24, 2.45) is 0 Å². The van der Waals surface area contributed by atoms with Gasteiger partial charge in [-0.3, -0.25) is 4.79 Å². The number of carbonyl (C=O) groups is 1. The van der Waals surface area contributed by atoms with Gasteiger partial charge in [0.05, 0.1) is 5.52 Å². The largest absolute Gasteiger partial charge is 0.356 e. The van der Waals surface area contributed by atoms with E-state index in [2.05, 4.69) is 10.3 Å². The molecule has 0 bridgehead atoms. The Morgan fingerprint density at radius 2 is 1.76 bits per heavy atom. The standard InChI is InChI=1S/C27H23F3N2O.ClH/c28-18-9-7-16(8-10-18)21-11-12-23(30)27-26(21)22-15-31-20(14-24(22)32-27)5-2-6-25(33)17-3-1-4-19(29)13-17;/h1,3-4,7-13,20,31-32H,2,5-6,14-15H2;1H. The van der Waals surface area contributed by atoms with Crippen LogP contribution in [-0.2, 0) is 13.0 Å². The van der Waals surface area contributed by atoms with E-state index in [1.165, 1.54) is 30.3 Å². The zero-order valence-electron chi connectivity index (χ0n) is 18.3. The van der Waals surface area contributed by atoms with Crippen LogP contribution in [0.3, 0.4) is 0 Å². The molecule has 0 fully saturated rings. The minimum absolute atomic E-state index is 0. The van der Waals surface area contributed by atoms with Crippen molar-refractivity contribution in [1.29, 1.82) is 0 Å². The number of aromatic amines is 1. The quantitative estimate of drug-likeness (QED) is 0.298. The second kappa shape index (κ2) is 10.0. The van der Waals surface area contributed by atoms with Gasteiger partial charge in [0, 0.05) is 42.1 Å². The van der Waals surface area contributed by atoms with Crippen LogP contribution in [0, 0.1) is 17.5 Å². The van der Waals surface area contributed by atoms with Crippen molar-refractivity contribution in [2.75, 3.05) is 0 Å². The van der Waals surface area contributed by atoms with Gasteiger partial charge in [0.25, 0.3) is 0 Å². The molecule has 1 aromatic heterocycles. The predicted molar refractivity (Wildman–Crippen MR) is 130 cm³/mol. The van der Waals surface area contributed by atoms with Crippen LogP contribution in [0.1, 0.15) is 40.9 Å². The maximum atomic E-state index is 14.6. The third-order valence-electron chi connectivity index (χ3n) is 6.37. The zero-order valence-corrected chi connectivity index (χ0v) is 19.2. The molecule has 4 aromatic rings. The van der Waals surface area contributed by atoms with E-state index in [4.69, 9.17) is 0 Å². The lowest BCUT2D eigenvalue weighted by atomic mass is 9.93. The summed E-state index contributed by atoms with van der Waals surface area (Å²) in [4.78, 5) is 15.6. The number of benzene rings is 3. The second-order valence-corrected chi connectivity index (χ2v) is 8.54. The Morgan fingerprint density at radius 3 is 2.53 bits per heavy atom. The molecule has 2 heterocycles. The van der Waals surface area contributed by atoms with Crippen molar-refractivity contribution in [2.45, 2.75) is 38.3 Å². The average molecular weight is 485 g/mol. The molecule has 3 aromatic carbocycles. The highest BCUT2D eigenvalue weighted by Crippen LogP contribution is 2.36. The van der Waals surface area contributed by atoms with E-state index >= 15 is 0 Å². The molecule has 2 N–H and O–H groups in total. The minimum Gasteiger partial charge on any atom is -0.356 e. The number of hydrogen-bond acceptors (Lipinski definition) is 2. The van der Waals surface area contributed by atoms with Gasteiger partial charge in [-0.25, -0.2) is 13.2 Å². The molecule has 3 nitrogen and oxygen atoms in total. The monoisotopic (exact) mass is 484 g/mol. The zero-order chi connectivity index (χ0) is 22.9. The molecule has 0 radical (unpaired) electrons. The summed E-state index contributed by atoms with van der Waals surface area (Å²) in [6.45, 7) is 0.579. The minimum atomic E-state index is -0.409. The summed E-state index contributed by atoms with van der Waals surface area (Å²) in [7, 11) is 0. The van der Waals surface area contributed by atoms with Gasteiger partial charge in [-0.15, -0.1) is 12.4 Å². The fourth-order valence-electron chi connectivity index (χ4n) is 4.71. The maximum Gasteiger partial charge on any atom is 0.162 e. The molecule has 34 heavy (non-hydrogen) atoms. The summed E-state index contributed by atoms with van der Waals surface area (Å²) < 4.78 is 41.4. The molecule has 0 amide bonds. The molecule has 0 saturated carbocycles. The number of ketones is 1. The number of fused-ring (bicyclic) bond motifs is 3. The fourth-order valence-corrected chi connectivity index (χ4v) is 4.71. The summed E-state index contributed by atoms with van der Waals surface area (Å²) in [5.74, 6) is -1.10. The fraction of sp³-hybridized carbons (Fsp3) is 0.222. The third kappa shape index (κ3) is 4.74. The Hall–Kier alpha value is -3.09. The van der Waals surface area contributed by atoms with E-state index in [0.29, 0.717) is 36.9 Å². The van der Waals surface area contributed by atoms with E-state index < -0.39 is 5.82 Å². The van der Waals surface area contributed by atoms with Crippen LogP contribution in [-0.4, -0.2) is 16.8 Å². The van der Waals surface area contributed by atoms with E-state index in [0.717, 1.165) is 34.2 Å². The molecular formula is C27H24ClF3N2O. The summed E-state index contributed by atoms with van der Waals surface area (Å²) in [6.07, 6.45) is 2.51. The first-order valence-electron chi connectivity index (χ1n) is 11.1. The number of nitrogens with one attached hydrogen (secondary N) is 2. The second-order valence-electron chi connectivity index (χ2n) is 8.54. The number of hydrogen-bond donors (Lipinski definition) is 2. The van der Waals surface area contributed by atoms with Gasteiger partial charge >= 0.3 is 0 Å². The van der Waals surface area contributed by atoms with E-state index in [9.17, 15) is 18.0 Å². The molecule has 176 valence electrons. The van der Waals surface area contributed by atoms with Gasteiger partial charge in [-0.05, 0) is 59.9 Å². The van der Waals surface area contributed by atoms with Crippen LogP contribution in [0.4, 0.5) is 13.2 Å². The molecule has 0 aliphatic carbocycles. The van der Waals surface area contributed by atoms with Crippen molar-refractivity contribution in [3.63, 3.8) is 0 Å². The van der Waals surface area contributed by atoms with Gasteiger partial charge in [-0.1, -0.05) is 30.3 Å². The predicted octanol–water partition coefficient (Wildman–Crippen LogP) is 6.74. The van der Waals surface area contributed by atoms with Crippen LogP contribution in [0.5, 0.6) is 0 Å². The summed E-state index contributed by atoms with van der Waals surface area (Å²) >= 11 is 0. The highest BCUT2D eigenvalue weighted by atomic mass is 35.5. The number of halogens is 4. The number of rotatable bonds is 6. The van der Waals surface area contributed by atoms with Gasteiger partial charge in [0.1, 0.15) is 17.5 Å². The molecule has 1 aliphatic rings. The lowest BCUT2D eigenvalue weighted by Gasteiger charge is -2.24. The average Bonchev–Trinajstić information content (AvgIpc) is 3.20. The summed E-state index contributed by atoms with van der Waals surface area (Å²) in [5, 5.41) is 4.33. The Bertz CT molecular complexity index is 1330. The van der Waals surface area contributed by atoms with Crippen molar-refractivity contribution in [3.05, 3.63) is 94.9 Å². The summed E-state index contributed by atoms with van der Waals surface area (Å²) in [5.41, 5.74) is 4.57. The van der Waals surface area contributed by atoms with Crippen LogP contribution in [0.25, 0.3) is 22.0 Å². The summed E-state index contributed by atoms with van der Waals surface area (Å²) in [6, 6.07) is 15.3. The highest BCUT2D eigenvalue weighted by molar-refractivity contribution is 5.99. The SMILES string of the molecule is Cl.O=C(CCCC1Cc2[nH]c3c(F)ccc(-c4ccc(F)cc4)c3c2CN1)c1cccc(F)c1. The molecule has 0 spiro atoms. The third-order valence-corrected chi connectivity index (χ3v) is 6.37. The molecule has 7 heteroatoms. The lowest BCUT2D eigenvalue weighted by molar-refractivity contribution is 0.0977.